The second-order valence-corrected chi connectivity index (χ2v) is 6.43. The number of hydrogen-bond donors (Lipinski definition) is 2. The van der Waals surface area contributed by atoms with Gasteiger partial charge >= 0.3 is 0 Å². The van der Waals surface area contributed by atoms with E-state index in [0.717, 1.165) is 0 Å². The van der Waals surface area contributed by atoms with Gasteiger partial charge in [-0.1, -0.05) is 36.7 Å². The summed E-state index contributed by atoms with van der Waals surface area (Å²) < 4.78 is 19.6. The Morgan fingerprint density at radius 1 is 1.19 bits per heavy atom. The summed E-state index contributed by atoms with van der Waals surface area (Å²) in [5.74, 6) is 6.64. The molecule has 2 rings (SSSR count). The average molecular weight is 355 g/mol. The van der Waals surface area contributed by atoms with Gasteiger partial charge in [0.25, 0.3) is 0 Å². The van der Waals surface area contributed by atoms with E-state index in [1.165, 1.54) is 12.1 Å². The van der Waals surface area contributed by atoms with Crippen molar-refractivity contribution >= 4 is 21.7 Å². The smallest absolute Gasteiger partial charge is 0.224 e. The number of nitrogens with zero attached hydrogens (tertiary/aromatic N) is 2. The molecule has 0 amide bonds. The summed E-state index contributed by atoms with van der Waals surface area (Å²) in [5, 5.41) is 0. The van der Waals surface area contributed by atoms with Crippen molar-refractivity contribution in [1.29, 1.82) is 0 Å². The fourth-order valence-corrected chi connectivity index (χ4v) is 2.04. The zero-order valence-corrected chi connectivity index (χ0v) is 13.5. The highest BCUT2D eigenvalue weighted by Crippen LogP contribution is 2.28. The molecular weight excluding hydrogens is 339 g/mol. The van der Waals surface area contributed by atoms with Crippen LogP contribution in [-0.4, -0.2) is 9.97 Å². The summed E-state index contributed by atoms with van der Waals surface area (Å²) >= 11 is 3.22. The first-order chi connectivity index (χ1) is 9.77. The molecule has 0 saturated carbocycles. The summed E-state index contributed by atoms with van der Waals surface area (Å²) in [6.07, 6.45) is 0. The lowest BCUT2D eigenvalue weighted by Gasteiger charge is -2.18. The van der Waals surface area contributed by atoms with Crippen LogP contribution in [0.25, 0.3) is 0 Å². The number of anilines is 1. The van der Waals surface area contributed by atoms with Crippen LogP contribution in [0.2, 0.25) is 0 Å². The van der Waals surface area contributed by atoms with Crippen LogP contribution in [0.3, 0.4) is 0 Å². The molecular formula is C14H16BrFN4O. The van der Waals surface area contributed by atoms with Gasteiger partial charge in [-0.05, 0) is 12.1 Å². The summed E-state index contributed by atoms with van der Waals surface area (Å²) in [5.41, 5.74) is 2.20. The van der Waals surface area contributed by atoms with Gasteiger partial charge in [0.05, 0.1) is 0 Å². The van der Waals surface area contributed by atoms with Crippen molar-refractivity contribution in [3.63, 3.8) is 0 Å². The average Bonchev–Trinajstić information content (AvgIpc) is 2.36. The molecule has 0 spiro atoms. The van der Waals surface area contributed by atoms with Gasteiger partial charge in [-0.25, -0.2) is 15.2 Å². The first-order valence-electron chi connectivity index (χ1n) is 6.28. The third-order valence-corrected chi connectivity index (χ3v) is 3.04. The molecule has 112 valence electrons. The van der Waals surface area contributed by atoms with Crippen LogP contribution in [0.15, 0.2) is 28.7 Å². The van der Waals surface area contributed by atoms with Gasteiger partial charge in [0.2, 0.25) is 5.88 Å². The molecule has 0 saturated heterocycles. The molecule has 1 aromatic heterocycles. The Morgan fingerprint density at radius 3 is 2.48 bits per heavy atom. The third-order valence-electron chi connectivity index (χ3n) is 2.58. The van der Waals surface area contributed by atoms with Crippen LogP contribution in [0, 0.1) is 5.82 Å². The Morgan fingerprint density at radius 2 is 1.90 bits per heavy atom. The molecule has 0 fully saturated rings. The number of ether oxygens (including phenoxy) is 1. The molecule has 0 aliphatic carbocycles. The molecule has 3 N–H and O–H groups in total. The second kappa shape index (κ2) is 5.95. The van der Waals surface area contributed by atoms with E-state index >= 15 is 0 Å². The quantitative estimate of drug-likeness (QED) is 0.648. The van der Waals surface area contributed by atoms with E-state index < -0.39 is 5.82 Å². The SMILES string of the molecule is CC(C)(C)c1nc(NN)cc(Oc2cc(F)cc(Br)c2)n1. The number of nitrogens with one attached hydrogen (secondary N) is 1. The third kappa shape index (κ3) is 4.12. The van der Waals surface area contributed by atoms with Gasteiger partial charge in [0.15, 0.2) is 0 Å². The molecule has 1 heterocycles. The summed E-state index contributed by atoms with van der Waals surface area (Å²) in [6.45, 7) is 5.93. The zero-order valence-electron chi connectivity index (χ0n) is 11.9. The van der Waals surface area contributed by atoms with Crippen LogP contribution in [-0.2, 0) is 5.41 Å². The van der Waals surface area contributed by atoms with Crippen LogP contribution in [0.5, 0.6) is 11.6 Å². The van der Waals surface area contributed by atoms with E-state index in [4.69, 9.17) is 10.6 Å². The second-order valence-electron chi connectivity index (χ2n) is 5.52. The fraction of sp³-hybridized carbons (Fsp3) is 0.286. The summed E-state index contributed by atoms with van der Waals surface area (Å²) in [7, 11) is 0. The van der Waals surface area contributed by atoms with E-state index in [1.807, 2.05) is 20.8 Å². The number of aromatic nitrogens is 2. The van der Waals surface area contributed by atoms with E-state index in [1.54, 1.807) is 12.1 Å². The number of hydrogen-bond acceptors (Lipinski definition) is 5. The minimum Gasteiger partial charge on any atom is -0.439 e. The molecule has 2 aromatic rings. The van der Waals surface area contributed by atoms with Crippen molar-refractivity contribution in [1.82, 2.24) is 9.97 Å². The highest BCUT2D eigenvalue weighted by Gasteiger charge is 2.19. The van der Waals surface area contributed by atoms with Crippen molar-refractivity contribution in [2.75, 3.05) is 5.43 Å². The van der Waals surface area contributed by atoms with E-state index in [0.29, 0.717) is 27.7 Å². The molecule has 0 radical (unpaired) electrons. The van der Waals surface area contributed by atoms with Crippen molar-refractivity contribution in [3.05, 3.63) is 40.4 Å². The molecule has 0 aliphatic rings. The van der Waals surface area contributed by atoms with Gasteiger partial charge < -0.3 is 10.2 Å². The number of nitrogens with two attached hydrogens (primary N) is 1. The number of halogens is 2. The van der Waals surface area contributed by atoms with E-state index in [9.17, 15) is 4.39 Å². The van der Waals surface area contributed by atoms with Crippen LogP contribution in [0.4, 0.5) is 10.2 Å². The maximum absolute atomic E-state index is 13.4. The largest absolute Gasteiger partial charge is 0.439 e. The van der Waals surface area contributed by atoms with Gasteiger partial charge in [-0.3, -0.25) is 0 Å². The van der Waals surface area contributed by atoms with Crippen LogP contribution in [0.1, 0.15) is 26.6 Å². The number of rotatable bonds is 3. The van der Waals surface area contributed by atoms with Crippen molar-refractivity contribution in [2.45, 2.75) is 26.2 Å². The molecule has 7 heteroatoms. The monoisotopic (exact) mass is 354 g/mol. The Kier molecular flexibility index (Phi) is 4.43. The van der Waals surface area contributed by atoms with Crippen LogP contribution >= 0.6 is 15.9 Å². The van der Waals surface area contributed by atoms with Crippen molar-refractivity contribution < 1.29 is 9.13 Å². The van der Waals surface area contributed by atoms with Crippen LogP contribution < -0.4 is 16.0 Å². The Bertz CT molecular complexity index is 638. The molecule has 5 nitrogen and oxygen atoms in total. The van der Waals surface area contributed by atoms with Gasteiger partial charge in [-0.2, -0.15) is 4.98 Å². The number of benzene rings is 1. The lowest BCUT2D eigenvalue weighted by atomic mass is 9.96. The first kappa shape index (κ1) is 15.7. The minimum atomic E-state index is -0.401. The lowest BCUT2D eigenvalue weighted by molar-refractivity contribution is 0.442. The predicted octanol–water partition coefficient (Wildman–Crippen LogP) is 3.75. The molecule has 0 atom stereocenters. The Hall–Kier alpha value is -1.73. The van der Waals surface area contributed by atoms with Crippen molar-refractivity contribution in [2.24, 2.45) is 5.84 Å². The van der Waals surface area contributed by atoms with Crippen molar-refractivity contribution in [3.8, 4) is 11.6 Å². The van der Waals surface area contributed by atoms with E-state index in [2.05, 4.69) is 31.3 Å². The highest BCUT2D eigenvalue weighted by atomic mass is 79.9. The summed E-state index contributed by atoms with van der Waals surface area (Å²) in [6, 6.07) is 5.82. The number of nitrogen functional groups attached to an aromatic ring is 1. The molecule has 1 aromatic carbocycles. The Labute approximate surface area is 130 Å². The first-order valence-corrected chi connectivity index (χ1v) is 7.07. The lowest BCUT2D eigenvalue weighted by Crippen LogP contribution is -2.19. The highest BCUT2D eigenvalue weighted by molar-refractivity contribution is 9.10. The standard InChI is InChI=1S/C14H16BrFN4O/c1-14(2,3)13-18-11(20-17)7-12(19-13)21-10-5-8(15)4-9(16)6-10/h4-7H,17H2,1-3H3,(H,18,19,20). The topological polar surface area (TPSA) is 73.1 Å². The zero-order chi connectivity index (χ0) is 15.6. The minimum absolute atomic E-state index is 0.270. The predicted molar refractivity (Wildman–Crippen MR) is 82.7 cm³/mol. The molecule has 0 unspecified atom stereocenters. The van der Waals surface area contributed by atoms with Gasteiger partial charge in [0, 0.05) is 22.0 Å². The summed E-state index contributed by atoms with van der Waals surface area (Å²) in [4.78, 5) is 8.63. The Balaban J connectivity index is 2.39. The molecule has 0 bridgehead atoms. The number of hydrazine groups is 1. The van der Waals surface area contributed by atoms with Gasteiger partial charge in [-0.15, -0.1) is 0 Å². The maximum Gasteiger partial charge on any atom is 0.224 e. The fourth-order valence-electron chi connectivity index (χ4n) is 1.59. The van der Waals surface area contributed by atoms with Gasteiger partial charge in [0.1, 0.15) is 23.2 Å². The normalized spacial score (nSPS) is 11.3. The molecule has 0 aliphatic heterocycles. The molecule has 21 heavy (non-hydrogen) atoms. The maximum atomic E-state index is 13.4. The van der Waals surface area contributed by atoms with E-state index in [-0.39, 0.29) is 5.41 Å².